The van der Waals surface area contributed by atoms with Gasteiger partial charge in [-0.1, -0.05) is 18.2 Å². The van der Waals surface area contributed by atoms with Crippen molar-refractivity contribution in [1.29, 1.82) is 0 Å². The molecule has 1 amide bonds. The summed E-state index contributed by atoms with van der Waals surface area (Å²) < 4.78 is 19.0. The number of hydrogen-bond donors (Lipinski definition) is 0. The average molecular weight is 374 g/mol. The molecule has 1 aromatic heterocycles. The zero-order valence-corrected chi connectivity index (χ0v) is 15.5. The van der Waals surface area contributed by atoms with E-state index in [1.54, 1.807) is 23.5 Å². The SMILES string of the molecule is O=C(CN1CCOC(c2ccc(F)cc2)C1)N1CCCC1c1cccs1. The number of rotatable bonds is 4. The molecule has 0 radical (unpaired) electrons. The smallest absolute Gasteiger partial charge is 0.237 e. The summed E-state index contributed by atoms with van der Waals surface area (Å²) in [7, 11) is 0. The molecular formula is C20H23FN2O2S. The second-order valence-corrected chi connectivity index (χ2v) is 7.89. The van der Waals surface area contributed by atoms with Crippen LogP contribution in [0.4, 0.5) is 4.39 Å². The van der Waals surface area contributed by atoms with Gasteiger partial charge in [-0.05, 0) is 42.0 Å². The summed E-state index contributed by atoms with van der Waals surface area (Å²) in [4.78, 5) is 18.4. The van der Waals surface area contributed by atoms with Crippen LogP contribution >= 0.6 is 11.3 Å². The molecule has 2 aliphatic heterocycles. The van der Waals surface area contributed by atoms with Crippen LogP contribution < -0.4 is 0 Å². The molecule has 2 aromatic rings. The van der Waals surface area contributed by atoms with E-state index in [1.807, 2.05) is 4.90 Å². The van der Waals surface area contributed by atoms with Gasteiger partial charge in [-0.15, -0.1) is 11.3 Å². The number of amides is 1. The lowest BCUT2D eigenvalue weighted by Gasteiger charge is -2.34. The Kier molecular flexibility index (Phi) is 5.33. The van der Waals surface area contributed by atoms with Gasteiger partial charge in [-0.3, -0.25) is 9.69 Å². The number of likely N-dealkylation sites (tertiary alicyclic amines) is 1. The number of carbonyl (C=O) groups is 1. The minimum atomic E-state index is -0.245. The highest BCUT2D eigenvalue weighted by atomic mass is 32.1. The van der Waals surface area contributed by atoms with E-state index in [4.69, 9.17) is 4.74 Å². The van der Waals surface area contributed by atoms with E-state index in [0.29, 0.717) is 19.7 Å². The number of nitrogens with zero attached hydrogens (tertiary/aromatic N) is 2. The van der Waals surface area contributed by atoms with Gasteiger partial charge < -0.3 is 9.64 Å². The van der Waals surface area contributed by atoms with Crippen molar-refractivity contribution in [3.05, 3.63) is 58.0 Å². The fraction of sp³-hybridized carbons (Fsp3) is 0.450. The quantitative estimate of drug-likeness (QED) is 0.819. The molecule has 0 bridgehead atoms. The molecule has 1 aromatic carbocycles. The third-order valence-electron chi connectivity index (χ3n) is 5.20. The highest BCUT2D eigenvalue weighted by Gasteiger charge is 2.32. The van der Waals surface area contributed by atoms with Crippen molar-refractivity contribution in [1.82, 2.24) is 9.80 Å². The van der Waals surface area contributed by atoms with E-state index >= 15 is 0 Å². The summed E-state index contributed by atoms with van der Waals surface area (Å²) in [5.74, 6) is -0.0501. The van der Waals surface area contributed by atoms with E-state index in [-0.39, 0.29) is 23.9 Å². The molecule has 0 N–H and O–H groups in total. The number of ether oxygens (including phenoxy) is 1. The summed E-state index contributed by atoms with van der Waals surface area (Å²) in [5, 5.41) is 2.07. The fourth-order valence-corrected chi connectivity index (χ4v) is 4.72. The van der Waals surface area contributed by atoms with Crippen molar-refractivity contribution in [2.75, 3.05) is 32.8 Å². The lowest BCUT2D eigenvalue weighted by molar-refractivity contribution is -0.135. The summed E-state index contributed by atoms with van der Waals surface area (Å²) >= 11 is 1.73. The number of morpholine rings is 1. The van der Waals surface area contributed by atoms with Gasteiger partial charge in [0.2, 0.25) is 5.91 Å². The van der Waals surface area contributed by atoms with E-state index in [9.17, 15) is 9.18 Å². The molecular weight excluding hydrogens is 351 g/mol. The first kappa shape index (κ1) is 17.6. The van der Waals surface area contributed by atoms with Gasteiger partial charge in [0, 0.05) is 24.5 Å². The largest absolute Gasteiger partial charge is 0.371 e. The Morgan fingerprint density at radius 1 is 1.23 bits per heavy atom. The second kappa shape index (κ2) is 7.86. The van der Waals surface area contributed by atoms with Crippen molar-refractivity contribution in [3.8, 4) is 0 Å². The maximum atomic E-state index is 13.1. The predicted octanol–water partition coefficient (Wildman–Crippen LogP) is 3.62. The first-order valence-corrected chi connectivity index (χ1v) is 10.0. The van der Waals surface area contributed by atoms with Crippen LogP contribution in [0.5, 0.6) is 0 Å². The third kappa shape index (κ3) is 3.82. The maximum Gasteiger partial charge on any atom is 0.237 e. The number of carbonyl (C=O) groups excluding carboxylic acids is 1. The lowest BCUT2D eigenvalue weighted by atomic mass is 10.1. The zero-order valence-electron chi connectivity index (χ0n) is 14.6. The Morgan fingerprint density at radius 3 is 2.85 bits per heavy atom. The van der Waals surface area contributed by atoms with Gasteiger partial charge >= 0.3 is 0 Å². The summed E-state index contributed by atoms with van der Waals surface area (Å²) in [6, 6.07) is 10.8. The molecule has 138 valence electrons. The molecule has 0 saturated carbocycles. The number of thiophene rings is 1. The van der Waals surface area contributed by atoms with E-state index in [0.717, 1.165) is 31.5 Å². The van der Waals surface area contributed by atoms with E-state index in [2.05, 4.69) is 22.4 Å². The normalized spacial score (nSPS) is 24.1. The minimum Gasteiger partial charge on any atom is -0.371 e. The highest BCUT2D eigenvalue weighted by Crippen LogP contribution is 2.34. The molecule has 2 unspecified atom stereocenters. The molecule has 26 heavy (non-hydrogen) atoms. The summed E-state index contributed by atoms with van der Waals surface area (Å²) in [5.41, 5.74) is 0.959. The van der Waals surface area contributed by atoms with Crippen LogP contribution in [0.2, 0.25) is 0 Å². The monoisotopic (exact) mass is 374 g/mol. The van der Waals surface area contributed by atoms with Crippen molar-refractivity contribution in [2.24, 2.45) is 0 Å². The Bertz CT molecular complexity index is 735. The van der Waals surface area contributed by atoms with Crippen LogP contribution in [0, 0.1) is 5.82 Å². The average Bonchev–Trinajstić information content (AvgIpc) is 3.34. The van der Waals surface area contributed by atoms with Crippen LogP contribution in [0.3, 0.4) is 0 Å². The third-order valence-corrected chi connectivity index (χ3v) is 6.17. The molecule has 2 atom stereocenters. The van der Waals surface area contributed by atoms with Crippen molar-refractivity contribution < 1.29 is 13.9 Å². The Hall–Kier alpha value is -1.76. The molecule has 2 saturated heterocycles. The van der Waals surface area contributed by atoms with Crippen LogP contribution in [0.25, 0.3) is 0 Å². The molecule has 2 fully saturated rings. The Labute approximate surface area is 157 Å². The van der Waals surface area contributed by atoms with Crippen LogP contribution in [-0.4, -0.2) is 48.5 Å². The van der Waals surface area contributed by atoms with Gasteiger partial charge in [-0.2, -0.15) is 0 Å². The first-order chi connectivity index (χ1) is 12.7. The Morgan fingerprint density at radius 2 is 2.08 bits per heavy atom. The molecule has 4 rings (SSSR count). The lowest BCUT2D eigenvalue weighted by Crippen LogP contribution is -2.45. The maximum absolute atomic E-state index is 13.1. The second-order valence-electron chi connectivity index (χ2n) is 6.91. The van der Waals surface area contributed by atoms with Crippen molar-refractivity contribution >= 4 is 17.2 Å². The predicted molar refractivity (Wildman–Crippen MR) is 99.5 cm³/mol. The van der Waals surface area contributed by atoms with Gasteiger partial charge in [0.1, 0.15) is 5.82 Å². The standard InChI is InChI=1S/C20H23FN2O2S/c21-16-7-5-15(6-8-16)18-13-22(10-11-25-18)14-20(24)23-9-1-3-17(23)19-4-2-12-26-19/h2,4-8,12,17-18H,1,3,9-11,13-14H2. The highest BCUT2D eigenvalue weighted by molar-refractivity contribution is 7.10. The topological polar surface area (TPSA) is 32.8 Å². The number of halogens is 1. The van der Waals surface area contributed by atoms with Crippen LogP contribution in [0.15, 0.2) is 41.8 Å². The number of benzene rings is 1. The van der Waals surface area contributed by atoms with E-state index in [1.165, 1.54) is 17.0 Å². The molecule has 6 heteroatoms. The molecule has 4 nitrogen and oxygen atoms in total. The summed E-state index contributed by atoms with van der Waals surface area (Å²) in [6.45, 7) is 3.26. The van der Waals surface area contributed by atoms with Crippen molar-refractivity contribution in [2.45, 2.75) is 25.0 Å². The first-order valence-electron chi connectivity index (χ1n) is 9.13. The van der Waals surface area contributed by atoms with Gasteiger partial charge in [-0.25, -0.2) is 4.39 Å². The minimum absolute atomic E-state index is 0.108. The van der Waals surface area contributed by atoms with Crippen LogP contribution in [0.1, 0.15) is 35.4 Å². The van der Waals surface area contributed by atoms with Gasteiger partial charge in [0.25, 0.3) is 0 Å². The number of hydrogen-bond acceptors (Lipinski definition) is 4. The van der Waals surface area contributed by atoms with Gasteiger partial charge in [0.15, 0.2) is 0 Å². The summed E-state index contributed by atoms with van der Waals surface area (Å²) in [6.07, 6.45) is 2.01. The molecule has 2 aliphatic rings. The molecule has 0 aliphatic carbocycles. The van der Waals surface area contributed by atoms with Crippen LogP contribution in [-0.2, 0) is 9.53 Å². The van der Waals surface area contributed by atoms with E-state index < -0.39 is 0 Å². The zero-order chi connectivity index (χ0) is 17.9. The van der Waals surface area contributed by atoms with Gasteiger partial charge in [0.05, 0.1) is 25.3 Å². The van der Waals surface area contributed by atoms with Crippen molar-refractivity contribution in [3.63, 3.8) is 0 Å². The fourth-order valence-electron chi connectivity index (χ4n) is 3.85. The Balaban J connectivity index is 1.38. The molecule has 3 heterocycles. The molecule has 0 spiro atoms.